The quantitative estimate of drug-likeness (QED) is 0.218. The van der Waals surface area contributed by atoms with E-state index < -0.39 is 35.0 Å². The predicted octanol–water partition coefficient (Wildman–Crippen LogP) is 5.39. The standard InChI is InChI=1S/C28H26IN3O4/c1-27(2,3)36-25(33)23-22(20-10-11-21(29)35-20)28(17-6-4-5-7-19(17)31-26(28)34)24(32-23)16-8-9-18-15(14-16)12-13-30-18/h4-14,22-24,30,32H,1-3H3,(H,31,34)/t22-,23+,24-,28-/m1/s1. The van der Waals surface area contributed by atoms with Crippen LogP contribution in [0.3, 0.4) is 0 Å². The second kappa shape index (κ2) is 8.21. The fourth-order valence-electron chi connectivity index (χ4n) is 5.81. The second-order valence-electron chi connectivity index (χ2n) is 10.4. The summed E-state index contributed by atoms with van der Waals surface area (Å²) in [6.45, 7) is 5.53. The Morgan fingerprint density at radius 1 is 1.08 bits per heavy atom. The summed E-state index contributed by atoms with van der Waals surface area (Å²) in [6, 6.07) is 18.2. The molecule has 1 fully saturated rings. The molecule has 6 rings (SSSR count). The highest BCUT2D eigenvalue weighted by molar-refractivity contribution is 14.1. The van der Waals surface area contributed by atoms with E-state index >= 15 is 0 Å². The normalized spacial score (nSPS) is 25.3. The van der Waals surface area contributed by atoms with Crippen LogP contribution in [0.5, 0.6) is 0 Å². The molecular weight excluding hydrogens is 569 g/mol. The first kappa shape index (κ1) is 23.3. The number of ether oxygens (including phenoxy) is 1. The summed E-state index contributed by atoms with van der Waals surface area (Å²) in [5.41, 5.74) is 1.67. The number of aromatic nitrogens is 1. The van der Waals surface area contributed by atoms with E-state index in [0.717, 1.165) is 27.7 Å². The van der Waals surface area contributed by atoms with Crippen LogP contribution in [0, 0.1) is 3.77 Å². The summed E-state index contributed by atoms with van der Waals surface area (Å²) < 4.78 is 12.7. The van der Waals surface area contributed by atoms with Gasteiger partial charge >= 0.3 is 5.97 Å². The van der Waals surface area contributed by atoms with Gasteiger partial charge in [-0.3, -0.25) is 14.9 Å². The summed E-state index contributed by atoms with van der Waals surface area (Å²) in [4.78, 5) is 31.1. The third kappa shape index (κ3) is 3.49. The lowest BCUT2D eigenvalue weighted by Gasteiger charge is -2.34. The van der Waals surface area contributed by atoms with Crippen molar-refractivity contribution in [1.82, 2.24) is 10.3 Å². The van der Waals surface area contributed by atoms with Crippen molar-refractivity contribution in [3.05, 3.63) is 87.5 Å². The summed E-state index contributed by atoms with van der Waals surface area (Å²) >= 11 is 2.11. The zero-order chi connectivity index (χ0) is 25.2. The van der Waals surface area contributed by atoms with Gasteiger partial charge in [0.15, 0.2) is 3.77 Å². The maximum atomic E-state index is 14.1. The number of H-pyrrole nitrogens is 1. The Morgan fingerprint density at radius 2 is 1.89 bits per heavy atom. The Bertz CT molecular complexity index is 1500. The number of benzene rings is 2. The zero-order valence-electron chi connectivity index (χ0n) is 20.1. The highest BCUT2D eigenvalue weighted by atomic mass is 127. The number of rotatable bonds is 3. The van der Waals surface area contributed by atoms with Crippen LogP contribution in [0.4, 0.5) is 5.69 Å². The van der Waals surface area contributed by atoms with Crippen LogP contribution in [0.2, 0.25) is 0 Å². The number of para-hydroxylation sites is 1. The Labute approximate surface area is 222 Å². The average Bonchev–Trinajstić information content (AvgIpc) is 3.58. The van der Waals surface area contributed by atoms with Gasteiger partial charge in [-0.2, -0.15) is 0 Å². The molecule has 2 aliphatic heterocycles. The maximum absolute atomic E-state index is 14.1. The van der Waals surface area contributed by atoms with Crippen molar-refractivity contribution in [2.45, 2.75) is 49.8 Å². The number of aromatic amines is 1. The molecule has 3 N–H and O–H groups in total. The fourth-order valence-corrected chi connectivity index (χ4v) is 6.24. The molecular formula is C28H26IN3O4. The van der Waals surface area contributed by atoms with Crippen LogP contribution in [0.1, 0.15) is 49.6 Å². The lowest BCUT2D eigenvalue weighted by atomic mass is 9.65. The minimum Gasteiger partial charge on any atom is -0.459 e. The van der Waals surface area contributed by atoms with Crippen LogP contribution < -0.4 is 10.6 Å². The number of hydrogen-bond donors (Lipinski definition) is 3. The molecule has 7 nitrogen and oxygen atoms in total. The van der Waals surface area contributed by atoms with Crippen molar-refractivity contribution in [1.29, 1.82) is 0 Å². The van der Waals surface area contributed by atoms with E-state index in [-0.39, 0.29) is 5.91 Å². The molecule has 0 saturated carbocycles. The van der Waals surface area contributed by atoms with Gasteiger partial charge in [0.1, 0.15) is 22.8 Å². The molecule has 36 heavy (non-hydrogen) atoms. The number of carbonyl (C=O) groups excluding carboxylic acids is 2. The molecule has 1 saturated heterocycles. The third-order valence-electron chi connectivity index (χ3n) is 7.09. The number of anilines is 1. The number of nitrogens with one attached hydrogen (secondary N) is 3. The van der Waals surface area contributed by atoms with Crippen molar-refractivity contribution in [2.75, 3.05) is 5.32 Å². The van der Waals surface area contributed by atoms with Crippen LogP contribution in [0.25, 0.3) is 10.9 Å². The number of hydrogen-bond acceptors (Lipinski definition) is 5. The van der Waals surface area contributed by atoms with E-state index in [2.05, 4.69) is 44.3 Å². The van der Waals surface area contributed by atoms with Gasteiger partial charge in [-0.1, -0.05) is 24.3 Å². The minimum absolute atomic E-state index is 0.169. The van der Waals surface area contributed by atoms with Gasteiger partial charge in [-0.15, -0.1) is 0 Å². The molecule has 0 radical (unpaired) electrons. The smallest absolute Gasteiger partial charge is 0.324 e. The van der Waals surface area contributed by atoms with Gasteiger partial charge in [-0.05, 0) is 96.3 Å². The molecule has 4 atom stereocenters. The highest BCUT2D eigenvalue weighted by Gasteiger charge is 2.67. The number of esters is 1. The van der Waals surface area contributed by atoms with Crippen molar-refractivity contribution < 1.29 is 18.7 Å². The van der Waals surface area contributed by atoms with Crippen molar-refractivity contribution in [3.8, 4) is 0 Å². The Morgan fingerprint density at radius 3 is 2.64 bits per heavy atom. The molecule has 2 aromatic heterocycles. The Balaban J connectivity index is 1.61. The van der Waals surface area contributed by atoms with Gasteiger partial charge < -0.3 is 19.5 Å². The van der Waals surface area contributed by atoms with Crippen LogP contribution >= 0.6 is 22.6 Å². The van der Waals surface area contributed by atoms with Gasteiger partial charge in [-0.25, -0.2) is 0 Å². The molecule has 4 aromatic rings. The summed E-state index contributed by atoms with van der Waals surface area (Å²) in [7, 11) is 0. The van der Waals surface area contributed by atoms with E-state index in [1.165, 1.54) is 0 Å². The molecule has 1 amide bonds. The van der Waals surface area contributed by atoms with E-state index in [1.807, 2.05) is 81.6 Å². The Hall–Kier alpha value is -3.11. The largest absolute Gasteiger partial charge is 0.459 e. The SMILES string of the molecule is CC(C)(C)OC(=O)[C@H]1N[C@H](c2ccc3[nH]ccc3c2)[C@]2(C(=O)Nc3ccccc32)[C@@H]1c1ccc(I)o1. The molecule has 0 unspecified atom stereocenters. The predicted molar refractivity (Wildman–Crippen MR) is 145 cm³/mol. The lowest BCUT2D eigenvalue weighted by molar-refractivity contribution is -0.157. The fraction of sp³-hybridized carbons (Fsp3) is 0.286. The van der Waals surface area contributed by atoms with Gasteiger partial charge in [0.05, 0.1) is 12.0 Å². The minimum atomic E-state index is -1.14. The summed E-state index contributed by atoms with van der Waals surface area (Å²) in [5.74, 6) is -0.648. The first-order valence-electron chi connectivity index (χ1n) is 11.9. The van der Waals surface area contributed by atoms with Gasteiger partial charge in [0.25, 0.3) is 0 Å². The second-order valence-corrected chi connectivity index (χ2v) is 11.5. The Kier molecular flexibility index (Phi) is 5.31. The van der Waals surface area contributed by atoms with Crippen LogP contribution in [-0.2, 0) is 19.7 Å². The van der Waals surface area contributed by atoms with Crippen molar-refractivity contribution in [2.24, 2.45) is 0 Å². The molecule has 0 aliphatic carbocycles. The molecule has 8 heteroatoms. The van der Waals surface area contributed by atoms with E-state index in [0.29, 0.717) is 9.53 Å². The lowest BCUT2D eigenvalue weighted by Crippen LogP contribution is -2.44. The molecule has 2 aromatic carbocycles. The van der Waals surface area contributed by atoms with Gasteiger partial charge in [0.2, 0.25) is 5.91 Å². The molecule has 4 heterocycles. The third-order valence-corrected chi connectivity index (χ3v) is 7.67. The summed E-state index contributed by atoms with van der Waals surface area (Å²) in [6.07, 6.45) is 1.89. The maximum Gasteiger partial charge on any atom is 0.324 e. The highest BCUT2D eigenvalue weighted by Crippen LogP contribution is 2.59. The first-order valence-corrected chi connectivity index (χ1v) is 13.0. The van der Waals surface area contributed by atoms with Crippen molar-refractivity contribution >= 4 is 51.1 Å². The molecule has 184 valence electrons. The van der Waals surface area contributed by atoms with E-state index in [4.69, 9.17) is 9.15 Å². The molecule has 1 spiro atoms. The van der Waals surface area contributed by atoms with Crippen molar-refractivity contribution in [3.63, 3.8) is 0 Å². The average molecular weight is 595 g/mol. The molecule has 2 aliphatic rings. The number of amides is 1. The van der Waals surface area contributed by atoms with Crippen LogP contribution in [0.15, 0.2) is 71.3 Å². The van der Waals surface area contributed by atoms with E-state index in [9.17, 15) is 9.59 Å². The number of furan rings is 1. The van der Waals surface area contributed by atoms with E-state index in [1.54, 1.807) is 0 Å². The number of halogens is 1. The monoisotopic (exact) mass is 595 g/mol. The number of carbonyl (C=O) groups is 2. The van der Waals surface area contributed by atoms with Gasteiger partial charge in [0, 0.05) is 17.4 Å². The number of fused-ring (bicyclic) bond motifs is 3. The topological polar surface area (TPSA) is 96.4 Å². The summed E-state index contributed by atoms with van der Waals surface area (Å²) in [5, 5.41) is 7.66. The van der Waals surface area contributed by atoms with Crippen LogP contribution in [-0.4, -0.2) is 28.5 Å². The zero-order valence-corrected chi connectivity index (χ0v) is 22.3. The first-order chi connectivity index (χ1) is 17.2. The molecule has 0 bridgehead atoms.